The molecule has 0 aromatic heterocycles. The van der Waals surface area contributed by atoms with E-state index in [2.05, 4.69) is 15.9 Å². The van der Waals surface area contributed by atoms with Gasteiger partial charge < -0.3 is 9.84 Å². The molecule has 5 aliphatic rings. The molecule has 1 heterocycles. The number of imide groups is 1. The van der Waals surface area contributed by atoms with E-state index in [4.69, 9.17) is 4.74 Å². The predicted molar refractivity (Wildman–Crippen MR) is 138 cm³/mol. The molecule has 1 aliphatic heterocycles. The first-order valence-corrected chi connectivity index (χ1v) is 13.7. The van der Waals surface area contributed by atoms with E-state index in [0.717, 1.165) is 37.7 Å². The lowest BCUT2D eigenvalue weighted by molar-refractivity contribution is -0.143. The molecule has 1 saturated carbocycles. The molecule has 6 rings (SSSR count). The molecule has 8 heteroatoms. The Bertz CT molecular complexity index is 1330. The van der Waals surface area contributed by atoms with E-state index in [1.807, 2.05) is 6.08 Å². The first-order valence-electron chi connectivity index (χ1n) is 12.9. The maximum atomic E-state index is 13.9. The summed E-state index contributed by atoms with van der Waals surface area (Å²) in [5, 5.41) is 10.9. The minimum absolute atomic E-state index is 0.0205. The van der Waals surface area contributed by atoms with Crippen LogP contribution < -0.4 is 4.74 Å². The van der Waals surface area contributed by atoms with Crippen LogP contribution in [0.4, 0.5) is 0 Å². The predicted octanol–water partition coefficient (Wildman–Crippen LogP) is 4.50. The summed E-state index contributed by atoms with van der Waals surface area (Å²) in [4.78, 5) is 55.6. The molecule has 0 unspecified atom stereocenters. The van der Waals surface area contributed by atoms with Crippen LogP contribution >= 0.6 is 15.9 Å². The Balaban J connectivity index is 1.48. The zero-order valence-electron chi connectivity index (χ0n) is 20.5. The molecule has 1 aromatic carbocycles. The van der Waals surface area contributed by atoms with Gasteiger partial charge >= 0.3 is 0 Å². The normalized spacial score (nSPS) is 30.1. The summed E-state index contributed by atoms with van der Waals surface area (Å²) in [6.45, 7) is 0. The number of carbonyl (C=O) groups excluding carboxylic acids is 4. The van der Waals surface area contributed by atoms with Crippen LogP contribution in [-0.2, 0) is 19.2 Å². The highest BCUT2D eigenvalue weighted by molar-refractivity contribution is 9.12. The summed E-state index contributed by atoms with van der Waals surface area (Å²) in [5.41, 5.74) is 1.96. The number of methoxy groups -OCH3 is 1. The number of phenolic OH excluding ortho intramolecular Hbond substituents is 1. The van der Waals surface area contributed by atoms with Gasteiger partial charge in [0.25, 0.3) is 0 Å². The van der Waals surface area contributed by atoms with Gasteiger partial charge in [0.1, 0.15) is 11.5 Å². The molecule has 37 heavy (non-hydrogen) atoms. The average molecular weight is 566 g/mol. The number of ketones is 2. The summed E-state index contributed by atoms with van der Waals surface area (Å²) >= 11 is 3.24. The zero-order valence-corrected chi connectivity index (χ0v) is 22.1. The number of likely N-dealkylation sites (tertiary alicyclic amines) is 1. The van der Waals surface area contributed by atoms with Crippen LogP contribution in [0.2, 0.25) is 0 Å². The van der Waals surface area contributed by atoms with E-state index >= 15 is 0 Å². The topological polar surface area (TPSA) is 101 Å². The fourth-order valence-corrected chi connectivity index (χ4v) is 7.62. The Hall–Kier alpha value is -3.00. The van der Waals surface area contributed by atoms with Crippen molar-refractivity contribution in [3.8, 4) is 11.5 Å². The molecular formula is C29H28BrNO6. The third-order valence-electron chi connectivity index (χ3n) is 8.85. The standard InChI is InChI=1S/C29H28BrNO6/c1-37-15-7-10-22(32)19(11-15)24-16-8-9-17-25(29(36)31(28(17)35)14-5-3-2-4-6-14)18(16)12-20-26(24)23(33)13-21(30)27(20)34/h7-8,10-11,13-14,17-18,24-25,32H,2-6,9,12H2,1H3/t17-,18+,24+,25-/m0/s1. The maximum absolute atomic E-state index is 13.9. The SMILES string of the molecule is COc1ccc(O)c([C@H]2C3=CC[C@@H]4C(=O)N(C5CCCCC5)C(=O)[C@@H]4[C@@H]3CC3=C2C(=O)C=C(Br)C3=O)c1. The molecule has 1 saturated heterocycles. The minimum atomic E-state index is -0.704. The first kappa shape index (κ1) is 24.3. The van der Waals surface area contributed by atoms with E-state index in [0.29, 0.717) is 28.9 Å². The van der Waals surface area contributed by atoms with Gasteiger partial charge in [-0.1, -0.05) is 30.9 Å². The van der Waals surface area contributed by atoms with Crippen LogP contribution in [0.3, 0.4) is 0 Å². The second-order valence-electron chi connectivity index (χ2n) is 10.7. The lowest BCUT2D eigenvalue weighted by Gasteiger charge is -2.42. The largest absolute Gasteiger partial charge is 0.508 e. The molecule has 2 amide bonds. The molecule has 1 aromatic rings. The summed E-state index contributed by atoms with van der Waals surface area (Å²) in [5.74, 6) is -2.51. The molecule has 7 nitrogen and oxygen atoms in total. The van der Waals surface area contributed by atoms with Gasteiger partial charge in [0.05, 0.1) is 23.4 Å². The Morgan fingerprint density at radius 3 is 2.51 bits per heavy atom. The van der Waals surface area contributed by atoms with E-state index in [-0.39, 0.29) is 46.1 Å². The van der Waals surface area contributed by atoms with Crippen molar-refractivity contribution in [2.45, 2.75) is 56.9 Å². The van der Waals surface area contributed by atoms with Gasteiger partial charge in [-0.05, 0) is 65.7 Å². The number of benzene rings is 1. The Labute approximate surface area is 223 Å². The van der Waals surface area contributed by atoms with Crippen LogP contribution in [0.5, 0.6) is 11.5 Å². The van der Waals surface area contributed by atoms with Gasteiger partial charge in [-0.15, -0.1) is 0 Å². The number of hydrogen-bond donors (Lipinski definition) is 1. The third-order valence-corrected chi connectivity index (χ3v) is 9.44. The second kappa shape index (κ2) is 9.08. The Morgan fingerprint density at radius 1 is 1.03 bits per heavy atom. The number of rotatable bonds is 3. The maximum Gasteiger partial charge on any atom is 0.233 e. The molecule has 192 valence electrons. The highest BCUT2D eigenvalue weighted by Crippen LogP contribution is 2.56. The van der Waals surface area contributed by atoms with Crippen molar-refractivity contribution in [3.05, 3.63) is 57.1 Å². The minimum Gasteiger partial charge on any atom is -0.508 e. The summed E-state index contributed by atoms with van der Waals surface area (Å²) in [6, 6.07) is 4.77. The lowest BCUT2D eigenvalue weighted by Crippen LogP contribution is -2.43. The van der Waals surface area contributed by atoms with Crippen molar-refractivity contribution in [3.63, 3.8) is 0 Å². The molecular weight excluding hydrogens is 538 g/mol. The smallest absolute Gasteiger partial charge is 0.233 e. The van der Waals surface area contributed by atoms with Gasteiger partial charge in [-0.2, -0.15) is 0 Å². The Morgan fingerprint density at radius 2 is 1.78 bits per heavy atom. The van der Waals surface area contributed by atoms with Crippen LogP contribution in [-0.4, -0.2) is 46.5 Å². The third kappa shape index (κ3) is 3.67. The number of nitrogens with zero attached hydrogens (tertiary/aromatic N) is 1. The van der Waals surface area contributed by atoms with Crippen molar-refractivity contribution in [1.29, 1.82) is 0 Å². The van der Waals surface area contributed by atoms with E-state index < -0.39 is 23.7 Å². The molecule has 4 aliphatic carbocycles. The van der Waals surface area contributed by atoms with Crippen LogP contribution in [0.25, 0.3) is 0 Å². The number of aromatic hydroxyl groups is 1. The van der Waals surface area contributed by atoms with Crippen LogP contribution in [0, 0.1) is 17.8 Å². The van der Waals surface area contributed by atoms with Crippen molar-refractivity contribution in [2.24, 2.45) is 17.8 Å². The van der Waals surface area contributed by atoms with E-state index in [9.17, 15) is 24.3 Å². The number of ether oxygens (including phenoxy) is 1. The summed E-state index contributed by atoms with van der Waals surface area (Å²) < 4.78 is 5.58. The van der Waals surface area contributed by atoms with Gasteiger partial charge in [0.15, 0.2) is 11.6 Å². The number of carbonyl (C=O) groups is 4. The number of phenols is 1. The monoisotopic (exact) mass is 565 g/mol. The fourth-order valence-electron chi connectivity index (χ4n) is 7.18. The number of halogens is 1. The van der Waals surface area contributed by atoms with Crippen molar-refractivity contribution in [1.82, 2.24) is 4.90 Å². The molecule has 4 atom stereocenters. The molecule has 0 radical (unpaired) electrons. The van der Waals surface area contributed by atoms with Crippen molar-refractivity contribution >= 4 is 39.3 Å². The van der Waals surface area contributed by atoms with Crippen LogP contribution in [0.1, 0.15) is 56.4 Å². The van der Waals surface area contributed by atoms with Gasteiger partial charge in [-0.25, -0.2) is 0 Å². The highest BCUT2D eigenvalue weighted by atomic mass is 79.9. The summed E-state index contributed by atoms with van der Waals surface area (Å²) in [7, 11) is 1.52. The molecule has 1 N–H and O–H groups in total. The quantitative estimate of drug-likeness (QED) is 0.329. The van der Waals surface area contributed by atoms with Gasteiger partial charge in [-0.3, -0.25) is 24.1 Å². The van der Waals surface area contributed by atoms with Gasteiger partial charge in [0, 0.05) is 34.7 Å². The molecule has 0 spiro atoms. The first-order chi connectivity index (χ1) is 17.8. The highest BCUT2D eigenvalue weighted by Gasteiger charge is 2.57. The number of amides is 2. The number of allylic oxidation sites excluding steroid dienone is 6. The summed E-state index contributed by atoms with van der Waals surface area (Å²) in [6.07, 6.45) is 8.68. The lowest BCUT2D eigenvalue weighted by atomic mass is 9.59. The molecule has 2 fully saturated rings. The van der Waals surface area contributed by atoms with Crippen molar-refractivity contribution in [2.75, 3.05) is 7.11 Å². The number of Topliss-reactive ketones (excluding diaryl/α,β-unsaturated/α-hetero) is 1. The molecule has 0 bridgehead atoms. The van der Waals surface area contributed by atoms with Crippen molar-refractivity contribution < 1.29 is 29.0 Å². The van der Waals surface area contributed by atoms with E-state index in [1.54, 1.807) is 12.1 Å². The Kier molecular flexibility index (Phi) is 5.97. The van der Waals surface area contributed by atoms with Gasteiger partial charge in [0.2, 0.25) is 11.8 Å². The average Bonchev–Trinajstić information content (AvgIpc) is 3.16. The zero-order chi connectivity index (χ0) is 26.0. The number of hydrogen-bond acceptors (Lipinski definition) is 6. The van der Waals surface area contributed by atoms with Crippen LogP contribution in [0.15, 0.2) is 51.6 Å². The van der Waals surface area contributed by atoms with E-state index in [1.165, 1.54) is 24.2 Å². The second-order valence-corrected chi connectivity index (χ2v) is 11.5. The number of fused-ring (bicyclic) bond motifs is 3. The fraction of sp³-hybridized carbons (Fsp3) is 0.448.